The average molecular weight is 519 g/mol. The number of carbonyl (C=O) groups excluding carboxylic acids is 1. The molecule has 4 aromatic rings. The predicted octanol–water partition coefficient (Wildman–Crippen LogP) is 1.73. The van der Waals surface area contributed by atoms with Crippen LogP contribution in [0.1, 0.15) is 25.5 Å². The Bertz CT molecular complexity index is 1480. The Balaban J connectivity index is 1.40. The Labute approximate surface area is 221 Å². The van der Waals surface area contributed by atoms with Gasteiger partial charge in [-0.2, -0.15) is 9.97 Å². The van der Waals surface area contributed by atoms with E-state index in [9.17, 15) is 9.90 Å². The summed E-state index contributed by atoms with van der Waals surface area (Å²) in [4.78, 5) is 36.4. The second kappa shape index (κ2) is 9.95. The van der Waals surface area contributed by atoms with Crippen molar-refractivity contribution in [2.75, 3.05) is 50.9 Å². The normalized spacial score (nSPS) is 17.4. The van der Waals surface area contributed by atoms with E-state index in [4.69, 9.17) is 24.7 Å². The number of rotatable bonds is 7. The molecule has 1 atom stereocenters. The molecule has 0 saturated carbocycles. The highest BCUT2D eigenvalue weighted by atomic mass is 16.5. The number of para-hydroxylation sites is 2. The third-order valence-corrected chi connectivity index (χ3v) is 7.67. The molecular weight excluding hydrogens is 484 g/mol. The van der Waals surface area contributed by atoms with Crippen LogP contribution in [0.4, 0.5) is 5.82 Å². The van der Waals surface area contributed by atoms with Crippen molar-refractivity contribution < 1.29 is 14.6 Å². The molecule has 5 heterocycles. The van der Waals surface area contributed by atoms with Crippen molar-refractivity contribution in [3.63, 3.8) is 0 Å². The van der Waals surface area contributed by atoms with Crippen molar-refractivity contribution >= 4 is 33.9 Å². The number of morpholine rings is 1. The van der Waals surface area contributed by atoms with Gasteiger partial charge in [0.1, 0.15) is 11.6 Å². The fourth-order valence-electron chi connectivity index (χ4n) is 5.42. The maximum absolute atomic E-state index is 12.4. The molecule has 0 spiro atoms. The number of aliphatic hydroxyl groups excluding tert-OH is 1. The molecule has 1 amide bonds. The number of carbonyl (C=O) groups is 1. The predicted molar refractivity (Wildman–Crippen MR) is 143 cm³/mol. The second-order valence-corrected chi connectivity index (χ2v) is 10.3. The molecule has 2 aliphatic heterocycles. The number of amides is 1. The molecule has 200 valence electrons. The van der Waals surface area contributed by atoms with Gasteiger partial charge < -0.3 is 24.2 Å². The number of ether oxygens (including phenoxy) is 1. The fraction of sp³-hybridized carbons (Fsp3) is 0.519. The van der Waals surface area contributed by atoms with Gasteiger partial charge in [0, 0.05) is 52.0 Å². The summed E-state index contributed by atoms with van der Waals surface area (Å²) in [5.74, 6) is 3.23. The zero-order chi connectivity index (χ0) is 26.4. The number of nitrogens with zero attached hydrogens (tertiary/aromatic N) is 8. The largest absolute Gasteiger partial charge is 0.396 e. The van der Waals surface area contributed by atoms with E-state index in [1.54, 1.807) is 6.92 Å². The molecule has 0 bridgehead atoms. The van der Waals surface area contributed by atoms with Gasteiger partial charge in [-0.25, -0.2) is 9.97 Å². The number of likely N-dealkylation sites (tertiary alicyclic amines) is 1. The van der Waals surface area contributed by atoms with Crippen LogP contribution in [-0.2, 0) is 29.4 Å². The summed E-state index contributed by atoms with van der Waals surface area (Å²) in [7, 11) is 2.01. The first-order valence-corrected chi connectivity index (χ1v) is 13.4. The summed E-state index contributed by atoms with van der Waals surface area (Å²) >= 11 is 0. The molecule has 6 rings (SSSR count). The number of benzene rings is 1. The zero-order valence-electron chi connectivity index (χ0n) is 22.2. The van der Waals surface area contributed by atoms with Gasteiger partial charge in [0.15, 0.2) is 17.0 Å². The Hall–Kier alpha value is -3.57. The van der Waals surface area contributed by atoms with E-state index in [1.165, 1.54) is 0 Å². The van der Waals surface area contributed by atoms with Crippen LogP contribution < -0.4 is 4.90 Å². The summed E-state index contributed by atoms with van der Waals surface area (Å²) < 4.78 is 9.74. The number of fused-ring (bicyclic) bond motifs is 2. The third-order valence-electron chi connectivity index (χ3n) is 7.67. The number of hydrogen-bond acceptors (Lipinski definition) is 8. The molecule has 0 aliphatic carbocycles. The van der Waals surface area contributed by atoms with Crippen LogP contribution in [0.2, 0.25) is 0 Å². The van der Waals surface area contributed by atoms with Crippen molar-refractivity contribution in [2.24, 2.45) is 18.9 Å². The van der Waals surface area contributed by atoms with E-state index in [0.29, 0.717) is 38.2 Å². The van der Waals surface area contributed by atoms with Crippen LogP contribution in [0, 0.1) is 11.8 Å². The summed E-state index contributed by atoms with van der Waals surface area (Å²) in [5.41, 5.74) is 3.48. The Morgan fingerprint density at radius 3 is 2.61 bits per heavy atom. The Morgan fingerprint density at radius 1 is 1.11 bits per heavy atom. The van der Waals surface area contributed by atoms with Gasteiger partial charge in [-0.1, -0.05) is 26.0 Å². The van der Waals surface area contributed by atoms with Gasteiger partial charge in [0.2, 0.25) is 11.9 Å². The monoisotopic (exact) mass is 518 g/mol. The second-order valence-electron chi connectivity index (χ2n) is 10.3. The van der Waals surface area contributed by atoms with Crippen LogP contribution in [0.15, 0.2) is 24.3 Å². The lowest BCUT2D eigenvalue weighted by Gasteiger charge is -2.40. The summed E-state index contributed by atoms with van der Waals surface area (Å²) in [5, 5.41) is 9.32. The Kier molecular flexibility index (Phi) is 6.48. The van der Waals surface area contributed by atoms with Crippen molar-refractivity contribution in [1.29, 1.82) is 0 Å². The smallest absolute Gasteiger partial charge is 0.239 e. The number of aliphatic hydroxyl groups is 1. The van der Waals surface area contributed by atoms with E-state index in [1.807, 2.05) is 30.1 Å². The highest BCUT2D eigenvalue weighted by Gasteiger charge is 2.34. The highest BCUT2D eigenvalue weighted by molar-refractivity contribution is 5.86. The van der Waals surface area contributed by atoms with Gasteiger partial charge in [-0.05, 0) is 12.1 Å². The molecule has 1 aromatic carbocycles. The first kappa shape index (κ1) is 24.7. The molecule has 1 unspecified atom stereocenters. The first-order chi connectivity index (χ1) is 18.5. The van der Waals surface area contributed by atoms with Gasteiger partial charge >= 0.3 is 0 Å². The van der Waals surface area contributed by atoms with Gasteiger partial charge in [0.05, 0.1) is 36.8 Å². The van der Waals surface area contributed by atoms with E-state index in [2.05, 4.69) is 27.0 Å². The minimum Gasteiger partial charge on any atom is -0.396 e. The number of aromatic nitrogens is 6. The van der Waals surface area contributed by atoms with Crippen LogP contribution in [0.25, 0.3) is 28.1 Å². The van der Waals surface area contributed by atoms with Crippen LogP contribution >= 0.6 is 0 Å². The average Bonchev–Trinajstić information content (AvgIpc) is 3.46. The molecule has 0 radical (unpaired) electrons. The highest BCUT2D eigenvalue weighted by Crippen LogP contribution is 2.30. The van der Waals surface area contributed by atoms with Crippen molar-refractivity contribution in [2.45, 2.75) is 26.7 Å². The molecule has 2 saturated heterocycles. The quantitative estimate of drug-likeness (QED) is 0.394. The van der Waals surface area contributed by atoms with Crippen LogP contribution in [0.5, 0.6) is 0 Å². The molecule has 11 heteroatoms. The number of hydrogen-bond donors (Lipinski definition) is 1. The van der Waals surface area contributed by atoms with Crippen molar-refractivity contribution in [1.82, 2.24) is 34.0 Å². The molecular formula is C27H34N8O3. The van der Waals surface area contributed by atoms with E-state index < -0.39 is 0 Å². The fourth-order valence-corrected chi connectivity index (χ4v) is 5.42. The van der Waals surface area contributed by atoms with Crippen molar-refractivity contribution in [3.05, 3.63) is 35.9 Å². The maximum atomic E-state index is 12.4. The van der Waals surface area contributed by atoms with Gasteiger partial charge in [-0.3, -0.25) is 9.36 Å². The molecule has 11 nitrogen and oxygen atoms in total. The summed E-state index contributed by atoms with van der Waals surface area (Å²) in [6, 6.07) is 8.08. The number of anilines is 1. The first-order valence-electron chi connectivity index (χ1n) is 13.4. The standard InChI is InChI=1S/C27H34N8O3/c1-4-21-28-19-7-5-6-8-20(19)35(21)27-30-24-23(25(31-27)33-9-11-38-12-10-33)29-22(32(24)3)13-18-14-34(15-18)26(37)17(2)16-36/h5-8,17-18,36H,4,9-16H2,1-3H3. The maximum Gasteiger partial charge on any atom is 0.239 e. The summed E-state index contributed by atoms with van der Waals surface area (Å²) in [6.07, 6.45) is 1.50. The molecule has 38 heavy (non-hydrogen) atoms. The van der Waals surface area contributed by atoms with Gasteiger partial charge in [-0.15, -0.1) is 0 Å². The summed E-state index contributed by atoms with van der Waals surface area (Å²) in [6.45, 7) is 7.87. The lowest BCUT2D eigenvalue weighted by Crippen LogP contribution is -2.53. The molecule has 3 aromatic heterocycles. The lowest BCUT2D eigenvalue weighted by atomic mass is 9.94. The molecule has 2 fully saturated rings. The third kappa shape index (κ3) is 4.19. The van der Waals surface area contributed by atoms with E-state index >= 15 is 0 Å². The SMILES string of the molecule is CCc1nc2ccccc2n1-c1nc(N2CCOCC2)c2nc(CC3CN(C(=O)C(C)CO)C3)n(C)c2n1. The van der Waals surface area contributed by atoms with E-state index in [0.717, 1.165) is 65.6 Å². The topological polar surface area (TPSA) is 114 Å². The number of aryl methyl sites for hydroxylation is 2. The van der Waals surface area contributed by atoms with E-state index in [-0.39, 0.29) is 18.4 Å². The van der Waals surface area contributed by atoms with Crippen molar-refractivity contribution in [3.8, 4) is 5.95 Å². The Morgan fingerprint density at radius 2 is 1.87 bits per heavy atom. The molecule has 2 aliphatic rings. The molecule has 1 N–H and O–H groups in total. The number of imidazole rings is 2. The lowest BCUT2D eigenvalue weighted by molar-refractivity contribution is -0.142. The zero-order valence-corrected chi connectivity index (χ0v) is 22.2. The van der Waals surface area contributed by atoms with Crippen LogP contribution in [-0.4, -0.2) is 91.0 Å². The minimum atomic E-state index is -0.358. The van der Waals surface area contributed by atoms with Crippen LogP contribution in [0.3, 0.4) is 0 Å². The minimum absolute atomic E-state index is 0.0122. The van der Waals surface area contributed by atoms with Gasteiger partial charge in [0.25, 0.3) is 0 Å².